The SMILES string of the molecule is C=C(CSc1ccc(F)c(F)c1)C(=O)OCC. The van der Waals surface area contributed by atoms with Crippen LogP contribution in [0, 0.1) is 11.6 Å². The summed E-state index contributed by atoms with van der Waals surface area (Å²) in [6.07, 6.45) is 0. The van der Waals surface area contributed by atoms with Crippen molar-refractivity contribution in [3.05, 3.63) is 42.0 Å². The molecule has 0 aliphatic rings. The Labute approximate surface area is 103 Å². The smallest absolute Gasteiger partial charge is 0.334 e. The van der Waals surface area contributed by atoms with E-state index in [0.29, 0.717) is 10.5 Å². The van der Waals surface area contributed by atoms with Gasteiger partial charge in [-0.25, -0.2) is 13.6 Å². The lowest BCUT2D eigenvalue weighted by Crippen LogP contribution is -2.08. The van der Waals surface area contributed by atoms with Crippen LogP contribution in [0.15, 0.2) is 35.2 Å². The van der Waals surface area contributed by atoms with E-state index in [1.54, 1.807) is 6.92 Å². The van der Waals surface area contributed by atoms with Crippen LogP contribution >= 0.6 is 11.8 Å². The lowest BCUT2D eigenvalue weighted by atomic mass is 10.3. The van der Waals surface area contributed by atoms with Crippen LogP contribution in [0.5, 0.6) is 0 Å². The zero-order valence-electron chi connectivity index (χ0n) is 9.33. The number of esters is 1. The zero-order valence-corrected chi connectivity index (χ0v) is 10.2. The fourth-order valence-corrected chi connectivity index (χ4v) is 1.84. The maximum absolute atomic E-state index is 12.9. The molecule has 0 saturated carbocycles. The van der Waals surface area contributed by atoms with Gasteiger partial charge in [0, 0.05) is 16.2 Å². The molecule has 1 aromatic carbocycles. The molecule has 0 unspecified atom stereocenters. The predicted molar refractivity (Wildman–Crippen MR) is 62.9 cm³/mol. The monoisotopic (exact) mass is 258 g/mol. The lowest BCUT2D eigenvalue weighted by molar-refractivity contribution is -0.138. The molecule has 0 fully saturated rings. The van der Waals surface area contributed by atoms with E-state index in [2.05, 4.69) is 6.58 Å². The van der Waals surface area contributed by atoms with E-state index in [4.69, 9.17) is 4.74 Å². The standard InChI is InChI=1S/C12H12F2O2S/c1-3-16-12(15)8(2)7-17-9-4-5-10(13)11(14)6-9/h4-6H,2-3,7H2,1H3. The first-order valence-corrected chi connectivity index (χ1v) is 5.96. The van der Waals surface area contributed by atoms with Crippen molar-refractivity contribution in [1.82, 2.24) is 0 Å². The van der Waals surface area contributed by atoms with Crippen molar-refractivity contribution in [2.45, 2.75) is 11.8 Å². The van der Waals surface area contributed by atoms with Gasteiger partial charge in [0.15, 0.2) is 11.6 Å². The fourth-order valence-electron chi connectivity index (χ4n) is 1.03. The largest absolute Gasteiger partial charge is 0.463 e. The number of hydrogen-bond donors (Lipinski definition) is 0. The minimum absolute atomic E-state index is 0.282. The number of hydrogen-bond acceptors (Lipinski definition) is 3. The quantitative estimate of drug-likeness (QED) is 0.461. The van der Waals surface area contributed by atoms with Crippen LogP contribution < -0.4 is 0 Å². The molecule has 0 N–H and O–H groups in total. The molecule has 2 nitrogen and oxygen atoms in total. The van der Waals surface area contributed by atoms with Gasteiger partial charge in [0.1, 0.15) is 0 Å². The molecule has 0 atom stereocenters. The van der Waals surface area contributed by atoms with E-state index < -0.39 is 17.6 Å². The van der Waals surface area contributed by atoms with Crippen LogP contribution in [0.4, 0.5) is 8.78 Å². The number of carbonyl (C=O) groups is 1. The Balaban J connectivity index is 2.53. The molecule has 92 valence electrons. The highest BCUT2D eigenvalue weighted by atomic mass is 32.2. The second kappa shape index (κ2) is 6.39. The topological polar surface area (TPSA) is 26.3 Å². The van der Waals surface area contributed by atoms with Crippen LogP contribution in [-0.2, 0) is 9.53 Å². The third-order valence-corrected chi connectivity index (χ3v) is 2.95. The van der Waals surface area contributed by atoms with Gasteiger partial charge in [-0.05, 0) is 25.1 Å². The number of carbonyl (C=O) groups excluding carboxylic acids is 1. The van der Waals surface area contributed by atoms with E-state index in [-0.39, 0.29) is 12.4 Å². The first kappa shape index (κ1) is 13.7. The molecule has 0 heterocycles. The zero-order chi connectivity index (χ0) is 12.8. The van der Waals surface area contributed by atoms with E-state index in [0.717, 1.165) is 12.1 Å². The van der Waals surface area contributed by atoms with Gasteiger partial charge >= 0.3 is 5.97 Å². The van der Waals surface area contributed by atoms with E-state index in [1.165, 1.54) is 17.8 Å². The molecule has 0 amide bonds. The Morgan fingerprint density at radius 1 is 1.41 bits per heavy atom. The average Bonchev–Trinajstić information content (AvgIpc) is 2.30. The van der Waals surface area contributed by atoms with Gasteiger partial charge in [0.05, 0.1) is 6.61 Å². The first-order valence-electron chi connectivity index (χ1n) is 4.97. The van der Waals surface area contributed by atoms with Gasteiger partial charge in [-0.1, -0.05) is 6.58 Å². The Morgan fingerprint density at radius 2 is 2.12 bits per heavy atom. The number of ether oxygens (including phenoxy) is 1. The van der Waals surface area contributed by atoms with Crippen LogP contribution in [0.2, 0.25) is 0 Å². The Bertz CT molecular complexity index is 433. The highest BCUT2D eigenvalue weighted by molar-refractivity contribution is 7.99. The average molecular weight is 258 g/mol. The van der Waals surface area contributed by atoms with Crippen molar-refractivity contribution in [3.8, 4) is 0 Å². The summed E-state index contributed by atoms with van der Waals surface area (Å²) in [4.78, 5) is 11.8. The molecule has 0 aromatic heterocycles. The van der Waals surface area contributed by atoms with Crippen molar-refractivity contribution < 1.29 is 18.3 Å². The Kier molecular flexibility index (Phi) is 5.15. The predicted octanol–water partition coefficient (Wildman–Crippen LogP) is 3.18. The molecular formula is C12H12F2O2S. The highest BCUT2D eigenvalue weighted by Gasteiger charge is 2.09. The number of halogens is 2. The molecule has 0 saturated heterocycles. The molecule has 17 heavy (non-hydrogen) atoms. The second-order valence-electron chi connectivity index (χ2n) is 3.19. The highest BCUT2D eigenvalue weighted by Crippen LogP contribution is 2.22. The summed E-state index contributed by atoms with van der Waals surface area (Å²) in [5.41, 5.74) is 0.293. The van der Waals surface area contributed by atoms with E-state index in [9.17, 15) is 13.6 Å². The first-order chi connectivity index (χ1) is 8.04. The summed E-state index contributed by atoms with van der Waals surface area (Å²) >= 11 is 1.20. The summed E-state index contributed by atoms with van der Waals surface area (Å²) in [7, 11) is 0. The number of rotatable bonds is 5. The minimum atomic E-state index is -0.906. The van der Waals surface area contributed by atoms with Gasteiger partial charge in [0.25, 0.3) is 0 Å². The van der Waals surface area contributed by atoms with Crippen molar-refractivity contribution >= 4 is 17.7 Å². The normalized spacial score (nSPS) is 10.1. The number of benzene rings is 1. The number of thioether (sulfide) groups is 1. The molecular weight excluding hydrogens is 246 g/mol. The van der Waals surface area contributed by atoms with Crippen molar-refractivity contribution in [2.24, 2.45) is 0 Å². The molecule has 0 aliphatic heterocycles. The molecule has 0 spiro atoms. The van der Waals surface area contributed by atoms with E-state index >= 15 is 0 Å². The maximum Gasteiger partial charge on any atom is 0.334 e. The van der Waals surface area contributed by atoms with Crippen molar-refractivity contribution in [3.63, 3.8) is 0 Å². The molecule has 1 aromatic rings. The summed E-state index contributed by atoms with van der Waals surface area (Å²) < 4.78 is 30.3. The molecule has 5 heteroatoms. The Hall–Kier alpha value is -1.36. The van der Waals surface area contributed by atoms with Crippen LogP contribution in [0.1, 0.15) is 6.92 Å². The fraction of sp³-hybridized carbons (Fsp3) is 0.250. The molecule has 0 radical (unpaired) electrons. The second-order valence-corrected chi connectivity index (χ2v) is 4.24. The van der Waals surface area contributed by atoms with Crippen molar-refractivity contribution in [1.29, 1.82) is 0 Å². The van der Waals surface area contributed by atoms with Crippen LogP contribution in [0.3, 0.4) is 0 Å². The summed E-state index contributed by atoms with van der Waals surface area (Å²) in [6.45, 7) is 5.55. The molecule has 0 aliphatic carbocycles. The van der Waals surface area contributed by atoms with Crippen LogP contribution in [0.25, 0.3) is 0 Å². The minimum Gasteiger partial charge on any atom is -0.463 e. The molecule has 1 rings (SSSR count). The van der Waals surface area contributed by atoms with Gasteiger partial charge in [-0.3, -0.25) is 0 Å². The van der Waals surface area contributed by atoms with Gasteiger partial charge in [-0.2, -0.15) is 0 Å². The van der Waals surface area contributed by atoms with Crippen LogP contribution in [-0.4, -0.2) is 18.3 Å². The Morgan fingerprint density at radius 3 is 2.71 bits per heavy atom. The summed E-state index contributed by atoms with van der Waals surface area (Å²) in [5.74, 6) is -1.98. The van der Waals surface area contributed by atoms with Crippen molar-refractivity contribution in [2.75, 3.05) is 12.4 Å². The van der Waals surface area contributed by atoms with E-state index in [1.807, 2.05) is 0 Å². The third kappa shape index (κ3) is 4.19. The molecule has 0 bridgehead atoms. The van der Waals surface area contributed by atoms with Gasteiger partial charge in [-0.15, -0.1) is 11.8 Å². The lowest BCUT2D eigenvalue weighted by Gasteiger charge is -2.05. The summed E-state index contributed by atoms with van der Waals surface area (Å²) in [5, 5.41) is 0. The third-order valence-electron chi connectivity index (χ3n) is 1.87. The maximum atomic E-state index is 12.9. The van der Waals surface area contributed by atoms with Gasteiger partial charge in [0.2, 0.25) is 0 Å². The van der Waals surface area contributed by atoms with Gasteiger partial charge < -0.3 is 4.74 Å². The summed E-state index contributed by atoms with van der Waals surface area (Å²) in [6, 6.07) is 3.57.